The summed E-state index contributed by atoms with van der Waals surface area (Å²) in [4.78, 5) is 13.2. The fourth-order valence-electron chi connectivity index (χ4n) is 2.03. The molecule has 3 rings (SSSR count). The average molecular weight is 256 g/mol. The van der Waals surface area contributed by atoms with E-state index in [0.717, 1.165) is 35.5 Å². The van der Waals surface area contributed by atoms with Crippen LogP contribution in [0.25, 0.3) is 11.3 Å². The first kappa shape index (κ1) is 11.9. The third-order valence-electron chi connectivity index (χ3n) is 3.36. The van der Waals surface area contributed by atoms with Crippen molar-refractivity contribution in [2.75, 3.05) is 12.8 Å². The topological polar surface area (TPSA) is 73.9 Å². The van der Waals surface area contributed by atoms with Gasteiger partial charge in [0.05, 0.1) is 12.8 Å². The van der Waals surface area contributed by atoms with Crippen LogP contribution in [0.3, 0.4) is 0 Å². The average Bonchev–Trinajstić information content (AvgIpc) is 3.26. The summed E-state index contributed by atoms with van der Waals surface area (Å²) < 4.78 is 5.15. The highest BCUT2D eigenvalue weighted by Gasteiger charge is 2.28. The van der Waals surface area contributed by atoms with Gasteiger partial charge in [0.25, 0.3) is 0 Å². The number of ether oxygens (including phenoxy) is 1. The fraction of sp³-hybridized carbons (Fsp3) is 0.357. The summed E-state index contributed by atoms with van der Waals surface area (Å²) in [5, 5.41) is 0. The first-order chi connectivity index (χ1) is 9.19. The molecule has 19 heavy (non-hydrogen) atoms. The number of nitrogens with two attached hydrogens (primary N) is 1. The summed E-state index contributed by atoms with van der Waals surface area (Å²) in [6, 6.07) is 3.78. The van der Waals surface area contributed by atoms with Crippen LogP contribution in [-0.2, 0) is 0 Å². The number of aromatic nitrogens is 3. The minimum absolute atomic E-state index is 0.477. The van der Waals surface area contributed by atoms with Crippen LogP contribution in [0.2, 0.25) is 0 Å². The third kappa shape index (κ3) is 2.23. The number of pyridine rings is 1. The van der Waals surface area contributed by atoms with Crippen molar-refractivity contribution in [2.24, 2.45) is 0 Å². The lowest BCUT2D eigenvalue weighted by Crippen LogP contribution is -2.04. The van der Waals surface area contributed by atoms with Gasteiger partial charge in [0.1, 0.15) is 11.6 Å². The molecule has 2 N–H and O–H groups in total. The molecule has 0 aromatic carbocycles. The monoisotopic (exact) mass is 256 g/mol. The summed E-state index contributed by atoms with van der Waals surface area (Å²) in [6.45, 7) is 1.94. The molecule has 0 saturated heterocycles. The molecule has 1 aliphatic carbocycles. The first-order valence-corrected chi connectivity index (χ1v) is 6.33. The maximum Gasteiger partial charge on any atom is 0.213 e. The molecule has 0 bridgehead atoms. The zero-order valence-corrected chi connectivity index (χ0v) is 11.1. The second-order valence-corrected chi connectivity index (χ2v) is 4.80. The molecule has 1 aliphatic rings. The normalized spacial score (nSPS) is 14.4. The van der Waals surface area contributed by atoms with Crippen molar-refractivity contribution in [3.8, 4) is 17.1 Å². The lowest BCUT2D eigenvalue weighted by atomic mass is 10.1. The summed E-state index contributed by atoms with van der Waals surface area (Å²) in [7, 11) is 1.60. The van der Waals surface area contributed by atoms with Crippen molar-refractivity contribution in [2.45, 2.75) is 25.7 Å². The third-order valence-corrected chi connectivity index (χ3v) is 3.36. The summed E-state index contributed by atoms with van der Waals surface area (Å²) in [6.07, 6.45) is 4.02. The minimum Gasteiger partial charge on any atom is -0.481 e. The predicted octanol–water partition coefficient (Wildman–Crippen LogP) is 2.32. The highest BCUT2D eigenvalue weighted by molar-refractivity contribution is 5.67. The van der Waals surface area contributed by atoms with Gasteiger partial charge in [-0.25, -0.2) is 15.0 Å². The van der Waals surface area contributed by atoms with E-state index >= 15 is 0 Å². The Labute approximate surface area is 111 Å². The number of nitrogen functional groups attached to an aromatic ring is 1. The van der Waals surface area contributed by atoms with E-state index < -0.39 is 0 Å². The summed E-state index contributed by atoms with van der Waals surface area (Å²) >= 11 is 0. The smallest absolute Gasteiger partial charge is 0.213 e. The predicted molar refractivity (Wildman–Crippen MR) is 72.9 cm³/mol. The molecule has 0 radical (unpaired) electrons. The molecule has 2 heterocycles. The van der Waals surface area contributed by atoms with Gasteiger partial charge in [0.15, 0.2) is 0 Å². The van der Waals surface area contributed by atoms with Crippen LogP contribution in [0.5, 0.6) is 5.88 Å². The Hall–Kier alpha value is -2.17. The van der Waals surface area contributed by atoms with E-state index in [0.29, 0.717) is 17.6 Å². The van der Waals surface area contributed by atoms with Gasteiger partial charge in [0, 0.05) is 29.3 Å². The van der Waals surface area contributed by atoms with Crippen molar-refractivity contribution in [3.63, 3.8) is 0 Å². The van der Waals surface area contributed by atoms with Gasteiger partial charge in [-0.15, -0.1) is 0 Å². The Morgan fingerprint density at radius 1 is 1.32 bits per heavy atom. The van der Waals surface area contributed by atoms with Gasteiger partial charge in [-0.05, 0) is 25.8 Å². The van der Waals surface area contributed by atoms with Gasteiger partial charge < -0.3 is 10.5 Å². The SMILES string of the molecule is COc1cc(-c2nc(C3CC3)nc(N)c2C)ccn1. The van der Waals surface area contributed by atoms with E-state index in [9.17, 15) is 0 Å². The van der Waals surface area contributed by atoms with Crippen LogP contribution < -0.4 is 10.5 Å². The zero-order valence-electron chi connectivity index (χ0n) is 11.1. The Balaban J connectivity index is 2.11. The molecule has 0 unspecified atom stereocenters. The van der Waals surface area contributed by atoms with Crippen molar-refractivity contribution in [1.29, 1.82) is 0 Å². The number of anilines is 1. The van der Waals surface area contributed by atoms with E-state index in [2.05, 4.69) is 15.0 Å². The molecular weight excluding hydrogens is 240 g/mol. The number of rotatable bonds is 3. The maximum atomic E-state index is 6.00. The second kappa shape index (κ2) is 4.50. The lowest BCUT2D eigenvalue weighted by Gasteiger charge is -2.10. The van der Waals surface area contributed by atoms with Crippen molar-refractivity contribution >= 4 is 5.82 Å². The minimum atomic E-state index is 0.477. The van der Waals surface area contributed by atoms with Crippen LogP contribution in [0, 0.1) is 6.92 Å². The standard InChI is InChI=1S/C14H16N4O/c1-8-12(10-5-6-16-11(7-10)19-2)17-14(9-3-4-9)18-13(8)15/h5-7,9H,3-4H2,1-2H3,(H2,15,17,18). The van der Waals surface area contributed by atoms with E-state index in [-0.39, 0.29) is 0 Å². The number of nitrogens with zero attached hydrogens (tertiary/aromatic N) is 3. The molecule has 5 heteroatoms. The fourth-order valence-corrected chi connectivity index (χ4v) is 2.03. The van der Waals surface area contributed by atoms with Gasteiger partial charge in [0.2, 0.25) is 5.88 Å². The van der Waals surface area contributed by atoms with Crippen molar-refractivity contribution < 1.29 is 4.74 Å². The molecule has 0 amide bonds. The lowest BCUT2D eigenvalue weighted by molar-refractivity contribution is 0.398. The molecule has 0 aliphatic heterocycles. The Morgan fingerprint density at radius 2 is 2.11 bits per heavy atom. The molecule has 2 aromatic heterocycles. The number of hydrogen-bond donors (Lipinski definition) is 1. The highest BCUT2D eigenvalue weighted by atomic mass is 16.5. The molecule has 5 nitrogen and oxygen atoms in total. The molecular formula is C14H16N4O. The number of hydrogen-bond acceptors (Lipinski definition) is 5. The van der Waals surface area contributed by atoms with Gasteiger partial charge in [-0.3, -0.25) is 0 Å². The van der Waals surface area contributed by atoms with Crippen LogP contribution >= 0.6 is 0 Å². The maximum absolute atomic E-state index is 6.00. The van der Waals surface area contributed by atoms with Crippen LogP contribution in [0.15, 0.2) is 18.3 Å². The van der Waals surface area contributed by atoms with Crippen molar-refractivity contribution in [1.82, 2.24) is 15.0 Å². The van der Waals surface area contributed by atoms with E-state index in [1.807, 2.05) is 19.1 Å². The molecule has 1 saturated carbocycles. The summed E-state index contributed by atoms with van der Waals surface area (Å²) in [5.41, 5.74) is 8.73. The van der Waals surface area contributed by atoms with Crippen LogP contribution in [0.1, 0.15) is 30.1 Å². The second-order valence-electron chi connectivity index (χ2n) is 4.80. The molecule has 98 valence electrons. The van der Waals surface area contributed by atoms with Gasteiger partial charge >= 0.3 is 0 Å². The van der Waals surface area contributed by atoms with Crippen LogP contribution in [0.4, 0.5) is 5.82 Å². The quantitative estimate of drug-likeness (QED) is 0.912. The van der Waals surface area contributed by atoms with E-state index in [4.69, 9.17) is 10.5 Å². The molecule has 2 aromatic rings. The molecule has 0 spiro atoms. The Kier molecular flexibility index (Phi) is 2.81. The zero-order chi connectivity index (χ0) is 13.4. The van der Waals surface area contributed by atoms with E-state index in [1.54, 1.807) is 13.3 Å². The number of methoxy groups -OCH3 is 1. The molecule has 1 fully saturated rings. The Bertz CT molecular complexity index is 623. The van der Waals surface area contributed by atoms with Crippen LogP contribution in [-0.4, -0.2) is 22.1 Å². The molecule has 0 atom stereocenters. The van der Waals surface area contributed by atoms with Gasteiger partial charge in [-0.2, -0.15) is 0 Å². The summed E-state index contributed by atoms with van der Waals surface area (Å²) in [5.74, 6) is 2.46. The van der Waals surface area contributed by atoms with Crippen molar-refractivity contribution in [3.05, 3.63) is 29.7 Å². The van der Waals surface area contributed by atoms with Gasteiger partial charge in [-0.1, -0.05) is 0 Å². The highest BCUT2D eigenvalue weighted by Crippen LogP contribution is 2.39. The Morgan fingerprint density at radius 3 is 2.79 bits per heavy atom. The largest absolute Gasteiger partial charge is 0.481 e. The first-order valence-electron chi connectivity index (χ1n) is 6.33. The van der Waals surface area contributed by atoms with E-state index in [1.165, 1.54) is 0 Å².